The van der Waals surface area contributed by atoms with Gasteiger partial charge < -0.3 is 15.2 Å². The standard InChI is InChI=1S/C16H21NO5/c1-11(2)8-14(18)17-13(16(20)21)9-15(19)22-10-12-6-4-3-5-7-12/h3-7,11,13H,8-10H2,1-2H3,(H,17,18)(H,20,21)/t13-/m1/s1. The predicted molar refractivity (Wildman–Crippen MR) is 79.9 cm³/mol. The number of hydrogen-bond donors (Lipinski definition) is 2. The zero-order valence-electron chi connectivity index (χ0n) is 12.7. The van der Waals surface area contributed by atoms with Gasteiger partial charge in [0.15, 0.2) is 0 Å². The monoisotopic (exact) mass is 307 g/mol. The van der Waals surface area contributed by atoms with Gasteiger partial charge in [-0.3, -0.25) is 9.59 Å². The number of aliphatic carboxylic acids is 1. The summed E-state index contributed by atoms with van der Waals surface area (Å²) in [6, 6.07) is 7.80. The van der Waals surface area contributed by atoms with Crippen molar-refractivity contribution >= 4 is 17.8 Å². The molecule has 0 aliphatic carbocycles. The topological polar surface area (TPSA) is 92.7 Å². The van der Waals surface area contributed by atoms with E-state index < -0.39 is 30.3 Å². The van der Waals surface area contributed by atoms with E-state index in [9.17, 15) is 14.4 Å². The summed E-state index contributed by atoms with van der Waals surface area (Å²) in [7, 11) is 0. The average molecular weight is 307 g/mol. The quantitative estimate of drug-likeness (QED) is 0.714. The summed E-state index contributed by atoms with van der Waals surface area (Å²) in [5, 5.41) is 11.4. The van der Waals surface area contributed by atoms with Crippen molar-refractivity contribution in [3.8, 4) is 0 Å². The van der Waals surface area contributed by atoms with Crippen LogP contribution in [-0.4, -0.2) is 29.0 Å². The fourth-order valence-electron chi connectivity index (χ4n) is 1.79. The number of benzene rings is 1. The molecule has 1 amide bonds. The Bertz CT molecular complexity index is 513. The first-order valence-electron chi connectivity index (χ1n) is 7.10. The molecule has 6 heteroatoms. The molecule has 0 aliphatic rings. The number of rotatable bonds is 8. The molecule has 0 bridgehead atoms. The van der Waals surface area contributed by atoms with Crippen LogP contribution in [-0.2, 0) is 25.7 Å². The van der Waals surface area contributed by atoms with E-state index >= 15 is 0 Å². The highest BCUT2D eigenvalue weighted by atomic mass is 16.5. The van der Waals surface area contributed by atoms with E-state index in [4.69, 9.17) is 9.84 Å². The molecular weight excluding hydrogens is 286 g/mol. The molecule has 1 aromatic rings. The maximum atomic E-state index is 11.7. The highest BCUT2D eigenvalue weighted by molar-refractivity contribution is 5.87. The fraction of sp³-hybridized carbons (Fsp3) is 0.438. The van der Waals surface area contributed by atoms with Crippen LogP contribution >= 0.6 is 0 Å². The molecule has 1 atom stereocenters. The van der Waals surface area contributed by atoms with Gasteiger partial charge in [0.1, 0.15) is 12.6 Å². The smallest absolute Gasteiger partial charge is 0.326 e. The lowest BCUT2D eigenvalue weighted by atomic mass is 10.1. The molecule has 0 fully saturated rings. The zero-order valence-corrected chi connectivity index (χ0v) is 12.7. The van der Waals surface area contributed by atoms with Gasteiger partial charge in [0, 0.05) is 6.42 Å². The van der Waals surface area contributed by atoms with Crippen LogP contribution in [0.3, 0.4) is 0 Å². The highest BCUT2D eigenvalue weighted by Crippen LogP contribution is 2.05. The van der Waals surface area contributed by atoms with Crippen molar-refractivity contribution < 1.29 is 24.2 Å². The SMILES string of the molecule is CC(C)CC(=O)N[C@H](CC(=O)OCc1ccccc1)C(=O)O. The van der Waals surface area contributed by atoms with Gasteiger partial charge in [-0.05, 0) is 11.5 Å². The third kappa shape index (κ3) is 6.88. The van der Waals surface area contributed by atoms with Gasteiger partial charge in [-0.25, -0.2) is 4.79 Å². The van der Waals surface area contributed by atoms with Gasteiger partial charge in [0.25, 0.3) is 0 Å². The second kappa shape index (κ2) is 8.81. The maximum absolute atomic E-state index is 11.7. The van der Waals surface area contributed by atoms with Crippen molar-refractivity contribution in [3.63, 3.8) is 0 Å². The molecule has 0 aliphatic heterocycles. The largest absolute Gasteiger partial charge is 0.480 e. The Morgan fingerprint density at radius 3 is 2.32 bits per heavy atom. The van der Waals surface area contributed by atoms with E-state index in [1.807, 2.05) is 32.0 Å². The number of esters is 1. The molecule has 0 heterocycles. The molecule has 6 nitrogen and oxygen atoms in total. The maximum Gasteiger partial charge on any atom is 0.326 e. The summed E-state index contributed by atoms with van der Waals surface area (Å²) in [6.07, 6.45) is -0.186. The van der Waals surface area contributed by atoms with Crippen molar-refractivity contribution in [2.24, 2.45) is 5.92 Å². The van der Waals surface area contributed by atoms with Gasteiger partial charge >= 0.3 is 11.9 Å². The Balaban J connectivity index is 2.47. The zero-order chi connectivity index (χ0) is 16.5. The summed E-state index contributed by atoms with van der Waals surface area (Å²) in [5.41, 5.74) is 0.812. The molecular formula is C16H21NO5. The number of nitrogens with one attached hydrogen (secondary N) is 1. The van der Waals surface area contributed by atoms with Crippen LogP contribution in [0, 0.1) is 5.92 Å². The van der Waals surface area contributed by atoms with E-state index in [1.165, 1.54) is 0 Å². The molecule has 1 aromatic carbocycles. The lowest BCUT2D eigenvalue weighted by Gasteiger charge is -2.15. The van der Waals surface area contributed by atoms with Crippen molar-refractivity contribution in [2.75, 3.05) is 0 Å². The highest BCUT2D eigenvalue weighted by Gasteiger charge is 2.24. The lowest BCUT2D eigenvalue weighted by molar-refractivity contribution is -0.151. The molecule has 0 spiro atoms. The number of carboxylic acids is 1. The van der Waals surface area contributed by atoms with Gasteiger partial charge in [-0.1, -0.05) is 44.2 Å². The minimum absolute atomic E-state index is 0.0754. The predicted octanol–water partition coefficient (Wildman–Crippen LogP) is 1.74. The van der Waals surface area contributed by atoms with Crippen LogP contribution < -0.4 is 5.32 Å². The Kier molecular flexibility index (Phi) is 7.08. The molecule has 0 saturated heterocycles. The van der Waals surface area contributed by atoms with Crippen LogP contribution in [0.5, 0.6) is 0 Å². The van der Waals surface area contributed by atoms with Crippen LogP contribution in [0.4, 0.5) is 0 Å². The third-order valence-corrected chi connectivity index (χ3v) is 2.84. The van der Waals surface area contributed by atoms with Crippen LogP contribution in [0.25, 0.3) is 0 Å². The average Bonchev–Trinajstić information content (AvgIpc) is 2.44. The number of carbonyl (C=O) groups excluding carboxylic acids is 2. The summed E-state index contributed by atoms with van der Waals surface area (Å²) < 4.78 is 5.02. The molecule has 22 heavy (non-hydrogen) atoms. The van der Waals surface area contributed by atoms with Crippen molar-refractivity contribution in [3.05, 3.63) is 35.9 Å². The summed E-state index contributed by atoms with van der Waals surface area (Å²) in [5.74, 6) is -2.20. The molecule has 0 aromatic heterocycles. The first kappa shape index (κ1) is 17.7. The second-order valence-corrected chi connectivity index (χ2v) is 5.41. The Hall–Kier alpha value is -2.37. The van der Waals surface area contributed by atoms with Gasteiger partial charge in [-0.15, -0.1) is 0 Å². The van der Waals surface area contributed by atoms with Gasteiger partial charge in [0.05, 0.1) is 6.42 Å². The summed E-state index contributed by atoms with van der Waals surface area (Å²) in [6.45, 7) is 3.78. The molecule has 0 radical (unpaired) electrons. The Morgan fingerprint density at radius 2 is 1.77 bits per heavy atom. The molecule has 120 valence electrons. The van der Waals surface area contributed by atoms with Gasteiger partial charge in [-0.2, -0.15) is 0 Å². The summed E-state index contributed by atoms with van der Waals surface area (Å²) >= 11 is 0. The number of amides is 1. The third-order valence-electron chi connectivity index (χ3n) is 2.84. The van der Waals surface area contributed by atoms with E-state index in [1.54, 1.807) is 12.1 Å². The van der Waals surface area contributed by atoms with E-state index in [0.29, 0.717) is 0 Å². The van der Waals surface area contributed by atoms with Crippen LogP contribution in [0.1, 0.15) is 32.3 Å². The Morgan fingerprint density at radius 1 is 1.14 bits per heavy atom. The van der Waals surface area contributed by atoms with Crippen molar-refractivity contribution in [2.45, 2.75) is 39.3 Å². The first-order valence-corrected chi connectivity index (χ1v) is 7.10. The van der Waals surface area contributed by atoms with Crippen LogP contribution in [0.15, 0.2) is 30.3 Å². The van der Waals surface area contributed by atoms with E-state index in [-0.39, 0.29) is 18.9 Å². The van der Waals surface area contributed by atoms with Crippen molar-refractivity contribution in [1.29, 1.82) is 0 Å². The minimum Gasteiger partial charge on any atom is -0.480 e. The Labute approximate surface area is 129 Å². The molecule has 0 unspecified atom stereocenters. The van der Waals surface area contributed by atoms with E-state index in [0.717, 1.165) is 5.56 Å². The first-order chi connectivity index (χ1) is 10.4. The molecule has 0 saturated carbocycles. The summed E-state index contributed by atoms with van der Waals surface area (Å²) in [4.78, 5) is 34.4. The molecule has 1 rings (SSSR count). The fourth-order valence-corrected chi connectivity index (χ4v) is 1.79. The number of carboxylic acid groups (broad SMARTS) is 1. The van der Waals surface area contributed by atoms with Gasteiger partial charge in [0.2, 0.25) is 5.91 Å². The lowest BCUT2D eigenvalue weighted by Crippen LogP contribution is -2.42. The molecule has 2 N–H and O–H groups in total. The normalized spacial score (nSPS) is 11.8. The number of ether oxygens (including phenoxy) is 1. The minimum atomic E-state index is -1.27. The van der Waals surface area contributed by atoms with Crippen LogP contribution in [0.2, 0.25) is 0 Å². The number of carbonyl (C=O) groups is 3. The van der Waals surface area contributed by atoms with Crippen molar-refractivity contribution in [1.82, 2.24) is 5.32 Å². The second-order valence-electron chi connectivity index (χ2n) is 5.41. The van der Waals surface area contributed by atoms with E-state index in [2.05, 4.69) is 5.32 Å². The number of hydrogen-bond acceptors (Lipinski definition) is 4.